The third kappa shape index (κ3) is 4.19. The van der Waals surface area contributed by atoms with Crippen molar-refractivity contribution in [3.8, 4) is 11.6 Å². The zero-order valence-electron chi connectivity index (χ0n) is 16.9. The fourth-order valence-electron chi connectivity index (χ4n) is 3.72. The van der Waals surface area contributed by atoms with Crippen molar-refractivity contribution in [1.82, 2.24) is 9.29 Å². The van der Waals surface area contributed by atoms with Crippen LogP contribution < -0.4 is 9.47 Å². The normalized spacial score (nSPS) is 17.0. The van der Waals surface area contributed by atoms with Gasteiger partial charge in [-0.1, -0.05) is 18.2 Å². The molecule has 2 heterocycles. The Morgan fingerprint density at radius 1 is 1.19 bits per heavy atom. The molecular formula is C22H22N2O6S. The Kier molecular flexibility index (Phi) is 5.79. The van der Waals surface area contributed by atoms with Crippen molar-refractivity contribution in [2.24, 2.45) is 0 Å². The van der Waals surface area contributed by atoms with Crippen LogP contribution in [0.15, 0.2) is 59.5 Å². The molecule has 0 radical (unpaired) electrons. The van der Waals surface area contributed by atoms with Crippen LogP contribution in [0.2, 0.25) is 0 Å². The molecule has 0 amide bonds. The molecular weight excluding hydrogens is 420 g/mol. The number of nitrogens with zero attached hydrogens (tertiary/aromatic N) is 2. The molecule has 1 aromatic heterocycles. The summed E-state index contributed by atoms with van der Waals surface area (Å²) < 4.78 is 37.9. The summed E-state index contributed by atoms with van der Waals surface area (Å²) in [5, 5.41) is 10.2. The van der Waals surface area contributed by atoms with Gasteiger partial charge in [0.25, 0.3) is 0 Å². The standard InChI is InChI=1S/C22H22N2O6S/c1-29-21-13-15(18-5-2-3-6-19(18)23-21)14-30-16-8-10-17(11-9-16)31(27,28)24-12-4-7-20(24)22(25)26/h2-3,5-6,8-11,13,20H,4,7,12,14H2,1H3,(H,25,26)/t20-/m1/s1. The average Bonchev–Trinajstić information content (AvgIpc) is 3.29. The SMILES string of the molecule is COc1cc(COc2ccc(S(=O)(=O)N3CCC[C@@H]3C(=O)O)cc2)c2ccccc2n1. The number of aliphatic carboxylic acids is 1. The first-order valence-electron chi connectivity index (χ1n) is 9.80. The van der Waals surface area contributed by atoms with Gasteiger partial charge in [-0.3, -0.25) is 4.79 Å². The third-order valence-electron chi connectivity index (χ3n) is 5.30. The van der Waals surface area contributed by atoms with Crippen molar-refractivity contribution in [2.45, 2.75) is 30.4 Å². The fraction of sp³-hybridized carbons (Fsp3) is 0.273. The monoisotopic (exact) mass is 442 g/mol. The largest absolute Gasteiger partial charge is 0.489 e. The Hall–Kier alpha value is -3.17. The highest BCUT2D eigenvalue weighted by molar-refractivity contribution is 7.89. The van der Waals surface area contributed by atoms with E-state index in [1.807, 2.05) is 24.3 Å². The van der Waals surface area contributed by atoms with Crippen molar-refractivity contribution >= 4 is 26.9 Å². The Labute approximate surface area is 180 Å². The number of sulfonamides is 1. The number of ether oxygens (including phenoxy) is 2. The molecule has 162 valence electrons. The predicted molar refractivity (Wildman–Crippen MR) is 114 cm³/mol. The number of hydrogen-bond donors (Lipinski definition) is 1. The summed E-state index contributed by atoms with van der Waals surface area (Å²) in [6.07, 6.45) is 0.847. The van der Waals surface area contributed by atoms with Gasteiger partial charge in [-0.2, -0.15) is 4.31 Å². The maximum atomic E-state index is 12.9. The molecule has 0 unspecified atom stereocenters. The molecule has 31 heavy (non-hydrogen) atoms. The summed E-state index contributed by atoms with van der Waals surface area (Å²) in [6.45, 7) is 0.452. The highest BCUT2D eigenvalue weighted by Crippen LogP contribution is 2.28. The van der Waals surface area contributed by atoms with Gasteiger partial charge in [-0.05, 0) is 43.2 Å². The quantitative estimate of drug-likeness (QED) is 0.599. The van der Waals surface area contributed by atoms with Crippen molar-refractivity contribution in [2.75, 3.05) is 13.7 Å². The van der Waals surface area contributed by atoms with E-state index in [1.165, 1.54) is 12.1 Å². The number of carbonyl (C=O) groups is 1. The number of para-hydroxylation sites is 1. The molecule has 8 nitrogen and oxygen atoms in total. The Morgan fingerprint density at radius 3 is 2.65 bits per heavy atom. The molecule has 1 N–H and O–H groups in total. The lowest BCUT2D eigenvalue weighted by molar-refractivity contribution is -0.140. The Morgan fingerprint density at radius 2 is 1.94 bits per heavy atom. The molecule has 0 saturated carbocycles. The summed E-state index contributed by atoms with van der Waals surface area (Å²) in [5.41, 5.74) is 1.68. The van der Waals surface area contributed by atoms with Crippen LogP contribution in [0.25, 0.3) is 10.9 Å². The summed E-state index contributed by atoms with van der Waals surface area (Å²) >= 11 is 0. The summed E-state index contributed by atoms with van der Waals surface area (Å²) in [6, 6.07) is 14.5. The lowest BCUT2D eigenvalue weighted by Gasteiger charge is -2.21. The lowest BCUT2D eigenvalue weighted by atomic mass is 10.1. The van der Waals surface area contributed by atoms with Crippen molar-refractivity contribution in [3.63, 3.8) is 0 Å². The molecule has 0 spiro atoms. The van der Waals surface area contributed by atoms with E-state index in [0.29, 0.717) is 24.5 Å². The zero-order valence-corrected chi connectivity index (χ0v) is 17.7. The Balaban J connectivity index is 1.52. The van der Waals surface area contributed by atoms with E-state index in [1.54, 1.807) is 25.3 Å². The predicted octanol–water partition coefficient (Wildman–Crippen LogP) is 3.06. The van der Waals surface area contributed by atoms with Gasteiger partial charge < -0.3 is 14.6 Å². The highest BCUT2D eigenvalue weighted by atomic mass is 32.2. The second kappa shape index (κ2) is 8.52. The number of aromatic nitrogens is 1. The number of rotatable bonds is 7. The average molecular weight is 442 g/mol. The van der Waals surface area contributed by atoms with E-state index in [4.69, 9.17) is 9.47 Å². The molecule has 2 aromatic carbocycles. The van der Waals surface area contributed by atoms with Crippen LogP contribution in [0.4, 0.5) is 0 Å². The molecule has 9 heteroatoms. The first kappa shape index (κ1) is 21.1. The van der Waals surface area contributed by atoms with Crippen LogP contribution in [-0.2, 0) is 21.4 Å². The molecule has 3 aromatic rings. The van der Waals surface area contributed by atoms with E-state index in [2.05, 4.69) is 4.98 Å². The molecule has 1 fully saturated rings. The molecule has 0 bridgehead atoms. The lowest BCUT2D eigenvalue weighted by Crippen LogP contribution is -2.40. The van der Waals surface area contributed by atoms with Crippen LogP contribution in [-0.4, -0.2) is 48.5 Å². The number of methoxy groups -OCH3 is 1. The van der Waals surface area contributed by atoms with Gasteiger partial charge in [0.1, 0.15) is 18.4 Å². The molecule has 4 rings (SSSR count). The maximum Gasteiger partial charge on any atom is 0.322 e. The summed E-state index contributed by atoms with van der Waals surface area (Å²) in [5.74, 6) is -0.145. The minimum Gasteiger partial charge on any atom is -0.489 e. The van der Waals surface area contributed by atoms with Crippen molar-refractivity contribution in [3.05, 3.63) is 60.2 Å². The number of carboxylic acid groups (broad SMARTS) is 1. The van der Waals surface area contributed by atoms with Crippen LogP contribution in [0.1, 0.15) is 18.4 Å². The number of pyridine rings is 1. The smallest absolute Gasteiger partial charge is 0.322 e. The van der Waals surface area contributed by atoms with Gasteiger partial charge in [0.15, 0.2) is 0 Å². The van der Waals surface area contributed by atoms with Gasteiger partial charge in [-0.15, -0.1) is 0 Å². The van der Waals surface area contributed by atoms with Gasteiger partial charge in [0.05, 0.1) is 17.5 Å². The number of fused-ring (bicyclic) bond motifs is 1. The van der Waals surface area contributed by atoms with Crippen molar-refractivity contribution < 1.29 is 27.8 Å². The van der Waals surface area contributed by atoms with E-state index in [-0.39, 0.29) is 18.0 Å². The van der Waals surface area contributed by atoms with Crippen molar-refractivity contribution in [1.29, 1.82) is 0 Å². The molecule has 0 aliphatic carbocycles. The zero-order chi connectivity index (χ0) is 22.0. The van der Waals surface area contributed by atoms with E-state index < -0.39 is 22.0 Å². The van der Waals surface area contributed by atoms with Gasteiger partial charge >= 0.3 is 5.97 Å². The molecule has 1 saturated heterocycles. The Bertz CT molecular complexity index is 1210. The van der Waals surface area contributed by atoms with Crippen LogP contribution in [0.5, 0.6) is 11.6 Å². The first-order valence-corrected chi connectivity index (χ1v) is 11.2. The molecule has 1 atom stereocenters. The molecule has 1 aliphatic rings. The van der Waals surface area contributed by atoms with Gasteiger partial charge in [0.2, 0.25) is 15.9 Å². The fourth-order valence-corrected chi connectivity index (χ4v) is 5.37. The minimum atomic E-state index is -3.88. The van der Waals surface area contributed by atoms with E-state index >= 15 is 0 Å². The summed E-state index contributed by atoms with van der Waals surface area (Å²) in [7, 11) is -2.33. The second-order valence-electron chi connectivity index (χ2n) is 7.21. The third-order valence-corrected chi connectivity index (χ3v) is 7.22. The van der Waals surface area contributed by atoms with E-state index in [9.17, 15) is 18.3 Å². The van der Waals surface area contributed by atoms with Gasteiger partial charge in [0, 0.05) is 23.6 Å². The van der Waals surface area contributed by atoms with Crippen LogP contribution >= 0.6 is 0 Å². The topological polar surface area (TPSA) is 106 Å². The number of benzene rings is 2. The summed E-state index contributed by atoms with van der Waals surface area (Å²) in [4.78, 5) is 15.8. The van der Waals surface area contributed by atoms with Crippen LogP contribution in [0, 0.1) is 0 Å². The second-order valence-corrected chi connectivity index (χ2v) is 9.10. The number of carboxylic acids is 1. The molecule has 1 aliphatic heterocycles. The number of hydrogen-bond acceptors (Lipinski definition) is 6. The van der Waals surface area contributed by atoms with Gasteiger partial charge in [-0.25, -0.2) is 13.4 Å². The highest BCUT2D eigenvalue weighted by Gasteiger charge is 2.39. The maximum absolute atomic E-state index is 12.9. The van der Waals surface area contributed by atoms with Crippen LogP contribution in [0.3, 0.4) is 0 Å². The first-order chi connectivity index (χ1) is 14.9. The van der Waals surface area contributed by atoms with E-state index in [0.717, 1.165) is 20.8 Å². The minimum absolute atomic E-state index is 0.0454.